The van der Waals surface area contributed by atoms with Gasteiger partial charge in [-0.2, -0.15) is 0 Å². The highest BCUT2D eigenvalue weighted by atomic mass is 16.5. The molecule has 0 fully saturated rings. The number of carboxylic acids is 1. The third-order valence-corrected chi connectivity index (χ3v) is 6.23. The summed E-state index contributed by atoms with van der Waals surface area (Å²) in [4.78, 5) is 11.2. The third-order valence-electron chi connectivity index (χ3n) is 6.23. The molecule has 160 valence electrons. The maximum absolute atomic E-state index is 11.2. The van der Waals surface area contributed by atoms with Gasteiger partial charge >= 0.3 is 5.97 Å². The van der Waals surface area contributed by atoms with Gasteiger partial charge in [-0.3, -0.25) is 0 Å². The van der Waals surface area contributed by atoms with Crippen LogP contribution in [-0.4, -0.2) is 16.7 Å². The molecule has 1 aliphatic rings. The van der Waals surface area contributed by atoms with Gasteiger partial charge in [0, 0.05) is 12.0 Å². The highest BCUT2D eigenvalue weighted by molar-refractivity contribution is 5.88. The minimum Gasteiger partial charge on any atom is -0.486 e. The van der Waals surface area contributed by atoms with Crippen LogP contribution in [0.15, 0.2) is 66.7 Å². The quantitative estimate of drug-likeness (QED) is 0.467. The molecule has 0 saturated heterocycles. The summed E-state index contributed by atoms with van der Waals surface area (Å²) in [5, 5.41) is 9.18. The van der Waals surface area contributed by atoms with E-state index >= 15 is 0 Å². The predicted octanol–water partition coefficient (Wildman–Crippen LogP) is 6.72. The molecule has 3 nitrogen and oxygen atoms in total. The molecule has 3 aromatic carbocycles. The Bertz CT molecular complexity index is 1050. The molecule has 1 N–H and O–H groups in total. The molecule has 1 heterocycles. The minimum absolute atomic E-state index is 0.269. The van der Waals surface area contributed by atoms with Gasteiger partial charge in [0.05, 0.1) is 5.56 Å². The summed E-state index contributed by atoms with van der Waals surface area (Å²) in [6, 6.07) is 22.3. The molecule has 3 heteroatoms. The standard InChI is InChI=1S/C28H30O3/c1-3-4-6-20-9-11-21(12-10-20)19-28(2)18-17-23-7-5-8-25(26(23)31-28)22-13-15-24(16-14-22)27(29)30/h5,7-16H,3-4,6,17-19H2,1-2H3,(H,29,30)/t28-/m1/s1. The molecule has 0 saturated carbocycles. The highest BCUT2D eigenvalue weighted by Crippen LogP contribution is 2.41. The van der Waals surface area contributed by atoms with Crippen LogP contribution in [0.2, 0.25) is 0 Å². The molecule has 0 amide bonds. The fraction of sp³-hybridized carbons (Fsp3) is 0.321. The van der Waals surface area contributed by atoms with E-state index in [4.69, 9.17) is 4.74 Å². The van der Waals surface area contributed by atoms with Crippen molar-refractivity contribution in [3.05, 3.63) is 89.0 Å². The Hall–Kier alpha value is -3.07. The van der Waals surface area contributed by atoms with Crippen molar-refractivity contribution in [1.82, 2.24) is 0 Å². The van der Waals surface area contributed by atoms with Crippen molar-refractivity contribution in [2.75, 3.05) is 0 Å². The number of aryl methyl sites for hydroxylation is 2. The van der Waals surface area contributed by atoms with Crippen molar-refractivity contribution in [1.29, 1.82) is 0 Å². The largest absolute Gasteiger partial charge is 0.486 e. The molecule has 0 spiro atoms. The molecule has 1 atom stereocenters. The molecule has 0 unspecified atom stereocenters. The molecule has 0 aromatic heterocycles. The third kappa shape index (κ3) is 4.82. The second kappa shape index (κ2) is 8.97. The van der Waals surface area contributed by atoms with Crippen LogP contribution in [0.1, 0.15) is 60.2 Å². The summed E-state index contributed by atoms with van der Waals surface area (Å²) in [5.41, 5.74) is 5.94. The van der Waals surface area contributed by atoms with Gasteiger partial charge in [-0.1, -0.05) is 67.9 Å². The minimum atomic E-state index is -0.911. The van der Waals surface area contributed by atoms with Crippen molar-refractivity contribution in [3.63, 3.8) is 0 Å². The molecule has 4 rings (SSSR count). The first kappa shape index (κ1) is 21.2. The van der Waals surface area contributed by atoms with E-state index in [1.165, 1.54) is 29.5 Å². The summed E-state index contributed by atoms with van der Waals surface area (Å²) in [7, 11) is 0. The second-order valence-electron chi connectivity index (χ2n) is 8.83. The molecular formula is C28H30O3. The number of carboxylic acid groups (broad SMARTS) is 1. The van der Waals surface area contributed by atoms with Crippen LogP contribution in [-0.2, 0) is 19.3 Å². The number of benzene rings is 3. The molecule has 1 aliphatic heterocycles. The fourth-order valence-electron chi connectivity index (χ4n) is 4.38. The maximum Gasteiger partial charge on any atom is 0.335 e. The fourth-order valence-corrected chi connectivity index (χ4v) is 4.38. The lowest BCUT2D eigenvalue weighted by atomic mass is 9.85. The van der Waals surface area contributed by atoms with E-state index in [1.54, 1.807) is 12.1 Å². The number of hydrogen-bond donors (Lipinski definition) is 1. The number of hydrogen-bond acceptors (Lipinski definition) is 2. The van der Waals surface area contributed by atoms with Crippen LogP contribution in [0.4, 0.5) is 0 Å². The van der Waals surface area contributed by atoms with Gasteiger partial charge in [-0.15, -0.1) is 0 Å². The van der Waals surface area contributed by atoms with Crippen molar-refractivity contribution >= 4 is 5.97 Å². The summed E-state index contributed by atoms with van der Waals surface area (Å²) in [6.07, 6.45) is 6.40. The topological polar surface area (TPSA) is 46.5 Å². The SMILES string of the molecule is CCCCc1ccc(C[C@@]2(C)CCc3cccc(-c4ccc(C(=O)O)cc4)c3O2)cc1. The first-order valence-electron chi connectivity index (χ1n) is 11.2. The van der Waals surface area contributed by atoms with E-state index in [2.05, 4.69) is 56.3 Å². The van der Waals surface area contributed by atoms with Crippen LogP contribution >= 0.6 is 0 Å². The lowest BCUT2D eigenvalue weighted by Gasteiger charge is -2.37. The van der Waals surface area contributed by atoms with E-state index in [-0.39, 0.29) is 5.60 Å². The smallest absolute Gasteiger partial charge is 0.335 e. The lowest BCUT2D eigenvalue weighted by molar-refractivity contribution is 0.0661. The van der Waals surface area contributed by atoms with Crippen LogP contribution in [0.5, 0.6) is 5.75 Å². The number of fused-ring (bicyclic) bond motifs is 1. The van der Waals surface area contributed by atoms with Crippen molar-refractivity contribution in [3.8, 4) is 16.9 Å². The second-order valence-corrected chi connectivity index (χ2v) is 8.83. The van der Waals surface area contributed by atoms with E-state index < -0.39 is 5.97 Å². The normalized spacial score (nSPS) is 17.6. The molecular weight excluding hydrogens is 384 g/mol. The Morgan fingerprint density at radius 2 is 1.71 bits per heavy atom. The van der Waals surface area contributed by atoms with Crippen LogP contribution in [0, 0.1) is 0 Å². The molecule has 0 aliphatic carbocycles. The summed E-state index contributed by atoms with van der Waals surface area (Å²) in [5.74, 6) is 0.0186. The summed E-state index contributed by atoms with van der Waals surface area (Å²) >= 11 is 0. The van der Waals surface area contributed by atoms with Gasteiger partial charge in [-0.05, 0) is 67.0 Å². The van der Waals surface area contributed by atoms with E-state index in [0.29, 0.717) is 5.56 Å². The van der Waals surface area contributed by atoms with E-state index in [9.17, 15) is 9.90 Å². The summed E-state index contributed by atoms with van der Waals surface area (Å²) < 4.78 is 6.67. The van der Waals surface area contributed by atoms with E-state index in [0.717, 1.165) is 42.6 Å². The zero-order valence-corrected chi connectivity index (χ0v) is 18.4. The van der Waals surface area contributed by atoms with Gasteiger partial charge in [-0.25, -0.2) is 4.79 Å². The van der Waals surface area contributed by atoms with Crippen LogP contribution in [0.3, 0.4) is 0 Å². The van der Waals surface area contributed by atoms with Crippen LogP contribution in [0.25, 0.3) is 11.1 Å². The molecule has 3 aromatic rings. The lowest BCUT2D eigenvalue weighted by Crippen LogP contribution is -2.38. The summed E-state index contributed by atoms with van der Waals surface area (Å²) in [6.45, 7) is 4.42. The molecule has 31 heavy (non-hydrogen) atoms. The molecule has 0 bridgehead atoms. The average Bonchev–Trinajstić information content (AvgIpc) is 2.78. The number of aromatic carboxylic acids is 1. The Balaban J connectivity index is 1.56. The maximum atomic E-state index is 11.2. The van der Waals surface area contributed by atoms with Crippen molar-refractivity contribution < 1.29 is 14.6 Å². The Kier molecular flexibility index (Phi) is 6.13. The zero-order chi connectivity index (χ0) is 21.8. The van der Waals surface area contributed by atoms with Gasteiger partial charge < -0.3 is 9.84 Å². The first-order valence-corrected chi connectivity index (χ1v) is 11.2. The van der Waals surface area contributed by atoms with Gasteiger partial charge in [0.15, 0.2) is 0 Å². The Labute approximate surface area is 184 Å². The number of para-hydroxylation sites is 1. The predicted molar refractivity (Wildman–Crippen MR) is 125 cm³/mol. The Morgan fingerprint density at radius 1 is 1.00 bits per heavy atom. The van der Waals surface area contributed by atoms with Crippen molar-refractivity contribution in [2.24, 2.45) is 0 Å². The first-order chi connectivity index (χ1) is 15.0. The van der Waals surface area contributed by atoms with Gasteiger partial charge in [0.2, 0.25) is 0 Å². The number of unbranched alkanes of at least 4 members (excludes halogenated alkanes) is 1. The van der Waals surface area contributed by atoms with Gasteiger partial charge in [0.1, 0.15) is 11.4 Å². The Morgan fingerprint density at radius 3 is 2.39 bits per heavy atom. The van der Waals surface area contributed by atoms with Crippen molar-refractivity contribution in [2.45, 2.75) is 58.0 Å². The van der Waals surface area contributed by atoms with E-state index in [1.807, 2.05) is 12.1 Å². The highest BCUT2D eigenvalue weighted by Gasteiger charge is 2.33. The molecule has 0 radical (unpaired) electrons. The number of carbonyl (C=O) groups is 1. The van der Waals surface area contributed by atoms with Gasteiger partial charge in [0.25, 0.3) is 0 Å². The van der Waals surface area contributed by atoms with Crippen LogP contribution < -0.4 is 4.74 Å². The monoisotopic (exact) mass is 414 g/mol. The number of rotatable bonds is 7. The average molecular weight is 415 g/mol. The number of ether oxygens (including phenoxy) is 1. The zero-order valence-electron chi connectivity index (χ0n) is 18.4.